The quantitative estimate of drug-likeness (QED) is 0.749. The van der Waals surface area contributed by atoms with Gasteiger partial charge < -0.3 is 25.3 Å². The summed E-state index contributed by atoms with van der Waals surface area (Å²) in [6.45, 7) is 0.488. The summed E-state index contributed by atoms with van der Waals surface area (Å²) < 4.78 is 0. The lowest BCUT2D eigenvalue weighted by Gasteiger charge is -2.28. The average molecular weight is 342 g/mol. The zero-order valence-electron chi connectivity index (χ0n) is 13.4. The highest BCUT2D eigenvalue weighted by Gasteiger charge is 2.34. The molecule has 3 N–H and O–H groups in total. The molecule has 1 aliphatic heterocycles. The van der Waals surface area contributed by atoms with Crippen molar-refractivity contribution in [3.8, 4) is 0 Å². The van der Waals surface area contributed by atoms with E-state index < -0.39 is 6.10 Å². The van der Waals surface area contributed by atoms with E-state index >= 15 is 0 Å². The maximum atomic E-state index is 12.3. The lowest BCUT2D eigenvalue weighted by molar-refractivity contribution is 0.152. The van der Waals surface area contributed by atoms with Gasteiger partial charge in [-0.2, -0.15) is 0 Å². The summed E-state index contributed by atoms with van der Waals surface area (Å²) >= 11 is 6.25. The molecular weight excluding hydrogens is 318 g/mol. The smallest absolute Gasteiger partial charge is 0.317 e. The number of hydrogen-bond acceptors (Lipinski definition) is 4. The van der Waals surface area contributed by atoms with Gasteiger partial charge in [0.2, 0.25) is 0 Å². The van der Waals surface area contributed by atoms with Crippen molar-refractivity contribution in [2.45, 2.75) is 24.6 Å². The zero-order chi connectivity index (χ0) is 17.0. The first-order chi connectivity index (χ1) is 10.9. The number of β-amino-alcohol motifs (C(OH)–C–C–N with tert-alkyl or cyclic N) is 1. The first-order valence-electron chi connectivity index (χ1n) is 7.68. The molecule has 23 heavy (non-hydrogen) atoms. The largest absolute Gasteiger partial charge is 0.394 e. The molecule has 1 aromatic rings. The topological polar surface area (TPSA) is 76.0 Å². The predicted octanol–water partition coefficient (Wildman–Crippen LogP) is 1.08. The molecule has 1 unspecified atom stereocenters. The summed E-state index contributed by atoms with van der Waals surface area (Å²) in [7, 11) is 3.85. The number of likely N-dealkylation sites (N-methyl/N-ethyl adjacent to an activating group) is 1. The first kappa shape index (κ1) is 18.0. The Hall–Kier alpha value is -1.34. The van der Waals surface area contributed by atoms with Crippen molar-refractivity contribution >= 4 is 17.6 Å². The monoisotopic (exact) mass is 341 g/mol. The van der Waals surface area contributed by atoms with E-state index in [-0.39, 0.29) is 31.3 Å². The van der Waals surface area contributed by atoms with Gasteiger partial charge in [0.25, 0.3) is 0 Å². The van der Waals surface area contributed by atoms with Crippen LogP contribution in [0.4, 0.5) is 4.79 Å². The SMILES string of the molecule is CN(C)C(CNC(=O)N1C[C@@H](O)C[C@H]1CO)c1ccccc1Cl. The Labute approximate surface area is 141 Å². The molecule has 1 aliphatic rings. The Balaban J connectivity index is 2.02. The number of urea groups is 1. The molecule has 0 saturated carbocycles. The fraction of sp³-hybridized carbons (Fsp3) is 0.562. The summed E-state index contributed by atoms with van der Waals surface area (Å²) in [6, 6.07) is 6.88. The number of likely N-dealkylation sites (tertiary alicyclic amines) is 1. The molecule has 2 rings (SSSR count). The number of hydrogen-bond donors (Lipinski definition) is 3. The van der Waals surface area contributed by atoms with Crippen LogP contribution < -0.4 is 5.32 Å². The van der Waals surface area contributed by atoms with Crippen molar-refractivity contribution in [1.29, 1.82) is 0 Å². The number of amides is 2. The lowest BCUT2D eigenvalue weighted by Crippen LogP contribution is -2.46. The predicted molar refractivity (Wildman–Crippen MR) is 89.5 cm³/mol. The van der Waals surface area contributed by atoms with Gasteiger partial charge in [-0.05, 0) is 32.1 Å². The zero-order valence-corrected chi connectivity index (χ0v) is 14.2. The molecule has 0 bridgehead atoms. The van der Waals surface area contributed by atoms with Gasteiger partial charge in [0, 0.05) is 18.1 Å². The van der Waals surface area contributed by atoms with E-state index in [9.17, 15) is 15.0 Å². The fourth-order valence-electron chi connectivity index (χ4n) is 2.92. The maximum Gasteiger partial charge on any atom is 0.317 e. The van der Waals surface area contributed by atoms with Crippen LogP contribution in [0.2, 0.25) is 5.02 Å². The number of nitrogens with zero attached hydrogens (tertiary/aromatic N) is 2. The third kappa shape index (κ3) is 4.35. The van der Waals surface area contributed by atoms with Crippen LogP contribution in [-0.2, 0) is 0 Å². The molecule has 2 amide bonds. The van der Waals surface area contributed by atoms with E-state index in [4.69, 9.17) is 11.6 Å². The number of aliphatic hydroxyl groups excluding tert-OH is 2. The van der Waals surface area contributed by atoms with Gasteiger partial charge >= 0.3 is 6.03 Å². The highest BCUT2D eigenvalue weighted by atomic mass is 35.5. The number of carbonyl (C=O) groups is 1. The van der Waals surface area contributed by atoms with Crippen LogP contribution in [0.25, 0.3) is 0 Å². The average Bonchev–Trinajstić information content (AvgIpc) is 2.90. The third-order valence-corrected chi connectivity index (χ3v) is 4.54. The normalized spacial score (nSPS) is 22.4. The molecular formula is C16H24ClN3O3. The van der Waals surface area contributed by atoms with E-state index in [0.29, 0.717) is 18.0 Å². The molecule has 0 spiro atoms. The highest BCUT2D eigenvalue weighted by Crippen LogP contribution is 2.25. The Kier molecular flexibility index (Phi) is 6.24. The Bertz CT molecular complexity index is 541. The molecule has 6 nitrogen and oxygen atoms in total. The van der Waals surface area contributed by atoms with Gasteiger partial charge in [-0.25, -0.2) is 4.79 Å². The summed E-state index contributed by atoms with van der Waals surface area (Å²) in [4.78, 5) is 15.8. The van der Waals surface area contributed by atoms with E-state index in [1.54, 1.807) is 0 Å². The van der Waals surface area contributed by atoms with Crippen molar-refractivity contribution in [1.82, 2.24) is 15.1 Å². The second kappa shape index (κ2) is 7.97. The van der Waals surface area contributed by atoms with Crippen molar-refractivity contribution < 1.29 is 15.0 Å². The molecule has 1 heterocycles. The lowest BCUT2D eigenvalue weighted by atomic mass is 10.1. The van der Waals surface area contributed by atoms with Crippen LogP contribution in [0.15, 0.2) is 24.3 Å². The van der Waals surface area contributed by atoms with E-state index in [2.05, 4.69) is 5.32 Å². The minimum atomic E-state index is -0.578. The molecule has 128 valence electrons. The van der Waals surface area contributed by atoms with Crippen LogP contribution in [-0.4, -0.2) is 72.0 Å². The molecule has 1 saturated heterocycles. The van der Waals surface area contributed by atoms with Crippen molar-refractivity contribution in [3.05, 3.63) is 34.9 Å². The second-order valence-corrected chi connectivity index (χ2v) is 6.47. The Morgan fingerprint density at radius 1 is 1.48 bits per heavy atom. The van der Waals surface area contributed by atoms with Gasteiger partial charge in [0.1, 0.15) is 0 Å². The molecule has 0 aliphatic carbocycles. The minimum absolute atomic E-state index is 0.0623. The number of aliphatic hydroxyl groups is 2. The Morgan fingerprint density at radius 2 is 2.17 bits per heavy atom. The third-order valence-electron chi connectivity index (χ3n) is 4.20. The van der Waals surface area contributed by atoms with Crippen molar-refractivity contribution in [2.75, 3.05) is 33.8 Å². The van der Waals surface area contributed by atoms with Crippen LogP contribution in [0.1, 0.15) is 18.0 Å². The molecule has 1 aromatic carbocycles. The maximum absolute atomic E-state index is 12.3. The summed E-state index contributed by atoms with van der Waals surface area (Å²) in [6.07, 6.45) is -0.169. The van der Waals surface area contributed by atoms with E-state index in [1.807, 2.05) is 43.3 Å². The Morgan fingerprint density at radius 3 is 2.78 bits per heavy atom. The van der Waals surface area contributed by atoms with Gasteiger partial charge in [0.15, 0.2) is 0 Å². The van der Waals surface area contributed by atoms with Gasteiger partial charge in [-0.3, -0.25) is 0 Å². The standard InChI is InChI=1S/C16H24ClN3O3/c1-19(2)15(13-5-3-4-6-14(13)17)8-18-16(23)20-9-12(22)7-11(20)10-21/h3-6,11-12,15,21-22H,7-10H2,1-2H3,(H,18,23)/t11-,12-,15?/m0/s1. The summed E-state index contributed by atoms with van der Waals surface area (Å²) in [5, 5.41) is 22.5. The van der Waals surface area contributed by atoms with E-state index in [0.717, 1.165) is 5.56 Å². The molecule has 0 radical (unpaired) electrons. The second-order valence-electron chi connectivity index (χ2n) is 6.07. The van der Waals surface area contributed by atoms with Gasteiger partial charge in [-0.1, -0.05) is 29.8 Å². The molecule has 7 heteroatoms. The van der Waals surface area contributed by atoms with Crippen LogP contribution in [0, 0.1) is 0 Å². The number of rotatable bonds is 5. The van der Waals surface area contributed by atoms with Crippen LogP contribution >= 0.6 is 11.6 Å². The minimum Gasteiger partial charge on any atom is -0.394 e. The summed E-state index contributed by atoms with van der Waals surface area (Å²) in [5.41, 5.74) is 0.944. The van der Waals surface area contributed by atoms with E-state index in [1.165, 1.54) is 4.90 Å². The number of benzene rings is 1. The summed E-state index contributed by atoms with van der Waals surface area (Å²) in [5.74, 6) is 0. The van der Waals surface area contributed by atoms with Gasteiger partial charge in [0.05, 0.1) is 24.8 Å². The molecule has 0 aromatic heterocycles. The fourth-order valence-corrected chi connectivity index (χ4v) is 3.18. The van der Waals surface area contributed by atoms with Gasteiger partial charge in [-0.15, -0.1) is 0 Å². The van der Waals surface area contributed by atoms with Crippen molar-refractivity contribution in [2.24, 2.45) is 0 Å². The number of nitrogens with one attached hydrogen (secondary N) is 1. The highest BCUT2D eigenvalue weighted by molar-refractivity contribution is 6.31. The number of halogens is 1. The van der Waals surface area contributed by atoms with Crippen molar-refractivity contribution in [3.63, 3.8) is 0 Å². The van der Waals surface area contributed by atoms with Crippen LogP contribution in [0.5, 0.6) is 0 Å². The first-order valence-corrected chi connectivity index (χ1v) is 8.06. The van der Waals surface area contributed by atoms with Crippen LogP contribution in [0.3, 0.4) is 0 Å². The number of carbonyl (C=O) groups excluding carboxylic acids is 1. The molecule has 1 fully saturated rings. The molecule has 3 atom stereocenters.